The topological polar surface area (TPSA) is 91.4 Å². The van der Waals surface area contributed by atoms with Gasteiger partial charge in [0.15, 0.2) is 5.82 Å². The van der Waals surface area contributed by atoms with Gasteiger partial charge in [0.1, 0.15) is 5.52 Å². The quantitative estimate of drug-likeness (QED) is 0.681. The number of hydrogen-bond donors (Lipinski definition) is 3. The van der Waals surface area contributed by atoms with Crippen LogP contribution >= 0.6 is 0 Å². The highest BCUT2D eigenvalue weighted by Crippen LogP contribution is 2.25. The predicted octanol–water partition coefficient (Wildman–Crippen LogP) is 1.83. The molecule has 1 aliphatic heterocycles. The highest BCUT2D eigenvalue weighted by Gasteiger charge is 2.15. The fourth-order valence-corrected chi connectivity index (χ4v) is 2.97. The van der Waals surface area contributed by atoms with Gasteiger partial charge in [-0.3, -0.25) is 10.1 Å². The van der Waals surface area contributed by atoms with Crippen molar-refractivity contribution in [1.82, 2.24) is 30.5 Å². The predicted molar refractivity (Wildman–Crippen MR) is 89.0 cm³/mol. The molecule has 4 rings (SSSR count). The fraction of sp³-hybridized carbons (Fsp3) is 0.375. The Kier molecular flexibility index (Phi) is 3.85. The number of aromatic nitrogens is 5. The summed E-state index contributed by atoms with van der Waals surface area (Å²) in [5.74, 6) is 1.41. The summed E-state index contributed by atoms with van der Waals surface area (Å²) in [6, 6.07) is 1.94. The molecule has 0 aliphatic carbocycles. The second-order valence-corrected chi connectivity index (χ2v) is 5.86. The third-order valence-electron chi connectivity index (χ3n) is 4.21. The largest absolute Gasteiger partial charge is 0.368 e. The highest BCUT2D eigenvalue weighted by atomic mass is 15.1. The first-order chi connectivity index (χ1) is 11.4. The molecule has 7 heteroatoms. The van der Waals surface area contributed by atoms with E-state index in [0.717, 1.165) is 47.7 Å². The molecule has 1 atom stereocenters. The lowest BCUT2D eigenvalue weighted by Gasteiger charge is -2.23. The number of piperidine rings is 1. The molecule has 0 unspecified atom stereocenters. The first-order valence-corrected chi connectivity index (χ1v) is 7.95. The number of nitrogens with zero attached hydrogens (tertiary/aromatic N) is 4. The molecule has 3 aromatic rings. The molecule has 0 saturated carbocycles. The number of pyridine rings is 1. The molecular formula is C16H19N7. The van der Waals surface area contributed by atoms with Crippen molar-refractivity contribution in [1.29, 1.82) is 0 Å². The SMILES string of the molecule is c1cnc2c(NC[C@H]3CCCNC3)nc(-c3cn[nH]c3)cc2n1. The molecule has 23 heavy (non-hydrogen) atoms. The summed E-state index contributed by atoms with van der Waals surface area (Å²) in [6.07, 6.45) is 9.48. The molecule has 1 saturated heterocycles. The van der Waals surface area contributed by atoms with Crippen LogP contribution in [-0.2, 0) is 0 Å². The number of aromatic amines is 1. The van der Waals surface area contributed by atoms with E-state index < -0.39 is 0 Å². The van der Waals surface area contributed by atoms with Crippen molar-refractivity contribution in [2.45, 2.75) is 12.8 Å². The van der Waals surface area contributed by atoms with Gasteiger partial charge in [-0.15, -0.1) is 0 Å². The van der Waals surface area contributed by atoms with Crippen LogP contribution in [0.4, 0.5) is 5.82 Å². The van der Waals surface area contributed by atoms with E-state index >= 15 is 0 Å². The Bertz CT molecular complexity index is 778. The molecule has 1 fully saturated rings. The van der Waals surface area contributed by atoms with Crippen LogP contribution in [-0.4, -0.2) is 44.8 Å². The van der Waals surface area contributed by atoms with E-state index in [1.54, 1.807) is 18.6 Å². The van der Waals surface area contributed by atoms with Crippen LogP contribution < -0.4 is 10.6 Å². The third kappa shape index (κ3) is 3.00. The Balaban J connectivity index is 1.66. The third-order valence-corrected chi connectivity index (χ3v) is 4.21. The Hall–Kier alpha value is -2.54. The monoisotopic (exact) mass is 309 g/mol. The van der Waals surface area contributed by atoms with Gasteiger partial charge in [0.2, 0.25) is 0 Å². The minimum absolute atomic E-state index is 0.620. The molecule has 0 spiro atoms. The first-order valence-electron chi connectivity index (χ1n) is 7.95. The summed E-state index contributed by atoms with van der Waals surface area (Å²) in [4.78, 5) is 13.6. The second-order valence-electron chi connectivity index (χ2n) is 5.86. The average Bonchev–Trinajstić information content (AvgIpc) is 3.15. The van der Waals surface area contributed by atoms with Crippen molar-refractivity contribution in [3.63, 3.8) is 0 Å². The van der Waals surface area contributed by atoms with Crippen LogP contribution in [0.15, 0.2) is 30.9 Å². The lowest BCUT2D eigenvalue weighted by Crippen LogP contribution is -2.33. The van der Waals surface area contributed by atoms with Crippen LogP contribution in [0.25, 0.3) is 22.3 Å². The maximum Gasteiger partial charge on any atom is 0.154 e. The van der Waals surface area contributed by atoms with Gasteiger partial charge in [0.05, 0.1) is 17.4 Å². The first kappa shape index (κ1) is 14.1. The second kappa shape index (κ2) is 6.29. The Morgan fingerprint density at radius 3 is 3.04 bits per heavy atom. The molecule has 0 radical (unpaired) electrons. The van der Waals surface area contributed by atoms with Crippen LogP contribution in [0.3, 0.4) is 0 Å². The van der Waals surface area contributed by atoms with Gasteiger partial charge in [0.25, 0.3) is 0 Å². The molecule has 0 aromatic carbocycles. The lowest BCUT2D eigenvalue weighted by atomic mass is 10.00. The van der Waals surface area contributed by atoms with Crippen molar-refractivity contribution in [2.75, 3.05) is 25.0 Å². The number of hydrogen-bond acceptors (Lipinski definition) is 6. The highest BCUT2D eigenvalue weighted by molar-refractivity contribution is 5.88. The molecule has 3 aromatic heterocycles. The maximum atomic E-state index is 4.73. The van der Waals surface area contributed by atoms with Crippen molar-refractivity contribution in [3.8, 4) is 11.3 Å². The number of fused-ring (bicyclic) bond motifs is 1. The van der Waals surface area contributed by atoms with Gasteiger partial charge in [0, 0.05) is 30.7 Å². The van der Waals surface area contributed by atoms with E-state index in [4.69, 9.17) is 4.98 Å². The average molecular weight is 309 g/mol. The summed E-state index contributed by atoms with van der Waals surface area (Å²) < 4.78 is 0. The molecule has 3 N–H and O–H groups in total. The maximum absolute atomic E-state index is 4.73. The van der Waals surface area contributed by atoms with Crippen molar-refractivity contribution in [2.24, 2.45) is 5.92 Å². The number of nitrogens with one attached hydrogen (secondary N) is 3. The van der Waals surface area contributed by atoms with Gasteiger partial charge in [-0.05, 0) is 37.9 Å². The van der Waals surface area contributed by atoms with Crippen molar-refractivity contribution in [3.05, 3.63) is 30.9 Å². The van der Waals surface area contributed by atoms with E-state index in [1.165, 1.54) is 12.8 Å². The summed E-state index contributed by atoms with van der Waals surface area (Å²) in [5.41, 5.74) is 3.43. The summed E-state index contributed by atoms with van der Waals surface area (Å²) in [7, 11) is 0. The minimum atomic E-state index is 0.620. The van der Waals surface area contributed by atoms with Crippen molar-refractivity contribution < 1.29 is 0 Å². The Morgan fingerprint density at radius 1 is 1.26 bits per heavy atom. The lowest BCUT2D eigenvalue weighted by molar-refractivity contribution is 0.392. The molecule has 118 valence electrons. The molecule has 4 heterocycles. The zero-order valence-corrected chi connectivity index (χ0v) is 12.8. The van der Waals surface area contributed by atoms with Gasteiger partial charge in [-0.2, -0.15) is 5.10 Å². The van der Waals surface area contributed by atoms with Crippen LogP contribution in [0, 0.1) is 5.92 Å². The molecule has 1 aliphatic rings. The van der Waals surface area contributed by atoms with Gasteiger partial charge >= 0.3 is 0 Å². The summed E-state index contributed by atoms with van der Waals surface area (Å²) in [6.45, 7) is 3.07. The number of anilines is 1. The van der Waals surface area contributed by atoms with Crippen molar-refractivity contribution >= 4 is 16.9 Å². The van der Waals surface area contributed by atoms with E-state index in [2.05, 4.69) is 30.8 Å². The van der Waals surface area contributed by atoms with Gasteiger partial charge in [-0.1, -0.05) is 0 Å². The van der Waals surface area contributed by atoms with E-state index in [9.17, 15) is 0 Å². The molecule has 0 amide bonds. The number of rotatable bonds is 4. The van der Waals surface area contributed by atoms with E-state index in [-0.39, 0.29) is 0 Å². The number of H-pyrrole nitrogens is 1. The summed E-state index contributed by atoms with van der Waals surface area (Å²) in [5, 5.41) is 13.7. The fourth-order valence-electron chi connectivity index (χ4n) is 2.97. The Labute approximate surface area is 134 Å². The smallest absolute Gasteiger partial charge is 0.154 e. The van der Waals surface area contributed by atoms with Gasteiger partial charge < -0.3 is 10.6 Å². The van der Waals surface area contributed by atoms with E-state index in [0.29, 0.717) is 5.92 Å². The Morgan fingerprint density at radius 2 is 2.22 bits per heavy atom. The standard InChI is InChI=1S/C16H19N7/c1-2-11(7-17-3-1)8-20-16-15-14(18-4-5-19-15)6-13(23-16)12-9-21-22-10-12/h4-6,9-11,17H,1-3,7-8H2,(H,20,23)(H,21,22)/t11-/m0/s1. The minimum Gasteiger partial charge on any atom is -0.368 e. The van der Waals surface area contributed by atoms with Crippen LogP contribution in [0.2, 0.25) is 0 Å². The molecular weight excluding hydrogens is 290 g/mol. The van der Waals surface area contributed by atoms with E-state index in [1.807, 2.05) is 12.3 Å². The van der Waals surface area contributed by atoms with Gasteiger partial charge in [-0.25, -0.2) is 9.97 Å². The summed E-state index contributed by atoms with van der Waals surface area (Å²) >= 11 is 0. The molecule has 0 bridgehead atoms. The normalized spacial score (nSPS) is 18.2. The van der Waals surface area contributed by atoms with Crippen LogP contribution in [0.1, 0.15) is 12.8 Å². The van der Waals surface area contributed by atoms with Crippen LogP contribution in [0.5, 0.6) is 0 Å². The zero-order chi connectivity index (χ0) is 15.5. The molecule has 7 nitrogen and oxygen atoms in total. The zero-order valence-electron chi connectivity index (χ0n) is 12.8.